The van der Waals surface area contributed by atoms with E-state index in [1.54, 1.807) is 0 Å². The van der Waals surface area contributed by atoms with E-state index >= 15 is 0 Å². The Morgan fingerprint density at radius 1 is 1.23 bits per heavy atom. The third kappa shape index (κ3) is 4.02. The molecule has 0 aromatic rings. The average Bonchev–Trinajstić information content (AvgIpc) is 2.88. The van der Waals surface area contributed by atoms with Gasteiger partial charge in [0.05, 0.1) is 6.61 Å². The standard InChI is InChI=1S/C18H34N2O2/c1-17(2,3)16(22)20(15-10-13(12-21)19-11-15)14-6-8-18(4,5)9-7-14/h13-15,19,21H,6-12H2,1-5H3/t13-,15-/m0/s1. The van der Waals surface area contributed by atoms with Crippen molar-refractivity contribution in [3.05, 3.63) is 0 Å². The monoisotopic (exact) mass is 310 g/mol. The molecule has 1 saturated carbocycles. The van der Waals surface area contributed by atoms with Crippen molar-refractivity contribution in [3.8, 4) is 0 Å². The number of hydrogen-bond donors (Lipinski definition) is 2. The highest BCUT2D eigenvalue weighted by Crippen LogP contribution is 2.39. The van der Waals surface area contributed by atoms with E-state index < -0.39 is 0 Å². The van der Waals surface area contributed by atoms with Gasteiger partial charge in [0, 0.05) is 30.1 Å². The number of nitrogens with one attached hydrogen (secondary N) is 1. The number of carbonyl (C=O) groups excluding carboxylic acids is 1. The van der Waals surface area contributed by atoms with Gasteiger partial charge in [-0.1, -0.05) is 34.6 Å². The number of hydrogen-bond acceptors (Lipinski definition) is 3. The van der Waals surface area contributed by atoms with Crippen molar-refractivity contribution in [1.29, 1.82) is 0 Å². The second-order valence-electron chi connectivity index (χ2n) is 9.04. The lowest BCUT2D eigenvalue weighted by Crippen LogP contribution is -2.53. The van der Waals surface area contributed by atoms with Crippen molar-refractivity contribution in [1.82, 2.24) is 10.2 Å². The smallest absolute Gasteiger partial charge is 0.228 e. The Labute approximate surface area is 135 Å². The van der Waals surface area contributed by atoms with E-state index in [2.05, 4.69) is 24.1 Å². The van der Waals surface area contributed by atoms with E-state index in [0.717, 1.165) is 25.8 Å². The fraction of sp³-hybridized carbons (Fsp3) is 0.944. The summed E-state index contributed by atoms with van der Waals surface area (Å²) in [4.78, 5) is 15.2. The Hall–Kier alpha value is -0.610. The molecule has 0 bridgehead atoms. The first kappa shape index (κ1) is 17.7. The zero-order valence-corrected chi connectivity index (χ0v) is 15.0. The SMILES string of the molecule is CC1(C)CCC(N(C(=O)C(C)(C)C)[C@@H]2CN[C@H](CO)C2)CC1. The molecule has 4 nitrogen and oxygen atoms in total. The van der Waals surface area contributed by atoms with E-state index in [1.165, 1.54) is 12.8 Å². The number of carbonyl (C=O) groups is 1. The van der Waals surface area contributed by atoms with Crippen molar-refractivity contribution < 1.29 is 9.90 Å². The third-order valence-electron chi connectivity index (χ3n) is 5.39. The molecule has 0 unspecified atom stereocenters. The molecule has 128 valence electrons. The van der Waals surface area contributed by atoms with E-state index in [4.69, 9.17) is 0 Å². The minimum atomic E-state index is -0.343. The van der Waals surface area contributed by atoms with E-state index in [-0.39, 0.29) is 30.0 Å². The Morgan fingerprint density at radius 2 is 1.82 bits per heavy atom. The quantitative estimate of drug-likeness (QED) is 0.842. The summed E-state index contributed by atoms with van der Waals surface area (Å²) in [6, 6.07) is 0.736. The van der Waals surface area contributed by atoms with Gasteiger partial charge in [0.15, 0.2) is 0 Å². The number of rotatable bonds is 3. The van der Waals surface area contributed by atoms with E-state index in [9.17, 15) is 9.90 Å². The van der Waals surface area contributed by atoms with Crippen molar-refractivity contribution >= 4 is 5.91 Å². The van der Waals surface area contributed by atoms with Crippen LogP contribution in [0.5, 0.6) is 0 Å². The molecule has 2 fully saturated rings. The summed E-state index contributed by atoms with van der Waals surface area (Å²) in [6.07, 6.45) is 5.47. The van der Waals surface area contributed by atoms with Crippen molar-refractivity contribution in [3.63, 3.8) is 0 Å². The molecule has 1 heterocycles. The van der Waals surface area contributed by atoms with Crippen LogP contribution in [0.2, 0.25) is 0 Å². The molecule has 0 spiro atoms. The van der Waals surface area contributed by atoms with Gasteiger partial charge in [-0.2, -0.15) is 0 Å². The molecule has 1 amide bonds. The van der Waals surface area contributed by atoms with Gasteiger partial charge < -0.3 is 15.3 Å². The molecule has 22 heavy (non-hydrogen) atoms. The Morgan fingerprint density at radius 3 is 2.27 bits per heavy atom. The molecule has 2 N–H and O–H groups in total. The Bertz CT molecular complexity index is 390. The number of aliphatic hydroxyl groups excluding tert-OH is 1. The summed E-state index contributed by atoms with van der Waals surface area (Å²) < 4.78 is 0. The van der Waals surface area contributed by atoms with Crippen molar-refractivity contribution in [2.75, 3.05) is 13.2 Å². The van der Waals surface area contributed by atoms with Crippen molar-refractivity contribution in [2.45, 2.75) is 84.8 Å². The first-order valence-electron chi connectivity index (χ1n) is 8.81. The maximum Gasteiger partial charge on any atom is 0.228 e. The van der Waals surface area contributed by atoms with Gasteiger partial charge in [-0.25, -0.2) is 0 Å². The van der Waals surface area contributed by atoms with Crippen LogP contribution >= 0.6 is 0 Å². The first-order valence-corrected chi connectivity index (χ1v) is 8.81. The van der Waals surface area contributed by atoms with E-state index in [1.807, 2.05) is 20.8 Å². The average molecular weight is 310 g/mol. The predicted octanol–water partition coefficient (Wildman–Crippen LogP) is 2.55. The summed E-state index contributed by atoms with van der Waals surface area (Å²) >= 11 is 0. The van der Waals surface area contributed by atoms with Crippen LogP contribution in [0.25, 0.3) is 0 Å². The molecular weight excluding hydrogens is 276 g/mol. The molecule has 1 saturated heterocycles. The minimum Gasteiger partial charge on any atom is -0.395 e. The van der Waals surface area contributed by atoms with Gasteiger partial charge in [0.25, 0.3) is 0 Å². The third-order valence-corrected chi connectivity index (χ3v) is 5.39. The van der Waals surface area contributed by atoms with Gasteiger partial charge in [-0.15, -0.1) is 0 Å². The van der Waals surface area contributed by atoms with Crippen LogP contribution in [0.1, 0.15) is 66.7 Å². The fourth-order valence-corrected chi connectivity index (χ4v) is 3.83. The zero-order chi connectivity index (χ0) is 16.5. The molecule has 0 aromatic heterocycles. The van der Waals surface area contributed by atoms with Crippen LogP contribution in [0.3, 0.4) is 0 Å². The highest BCUT2D eigenvalue weighted by Gasteiger charge is 2.41. The second kappa shape index (κ2) is 6.48. The van der Waals surface area contributed by atoms with Gasteiger partial charge >= 0.3 is 0 Å². The van der Waals surface area contributed by atoms with Gasteiger partial charge in [-0.3, -0.25) is 4.79 Å². The maximum absolute atomic E-state index is 13.0. The number of amides is 1. The first-order chi connectivity index (χ1) is 10.1. The molecule has 1 aliphatic carbocycles. The molecule has 2 aliphatic rings. The van der Waals surface area contributed by atoms with Crippen LogP contribution in [0.15, 0.2) is 0 Å². The highest BCUT2D eigenvalue weighted by atomic mass is 16.3. The second-order valence-corrected chi connectivity index (χ2v) is 9.04. The molecule has 0 radical (unpaired) electrons. The largest absolute Gasteiger partial charge is 0.395 e. The lowest BCUT2D eigenvalue weighted by Gasteiger charge is -2.45. The van der Waals surface area contributed by atoms with Crippen LogP contribution in [0.4, 0.5) is 0 Å². The molecular formula is C18H34N2O2. The zero-order valence-electron chi connectivity index (χ0n) is 15.0. The van der Waals surface area contributed by atoms with Gasteiger partial charge in [0.2, 0.25) is 5.91 Å². The number of nitrogens with zero attached hydrogens (tertiary/aromatic N) is 1. The summed E-state index contributed by atoms with van der Waals surface area (Å²) in [7, 11) is 0. The summed E-state index contributed by atoms with van der Waals surface area (Å²) in [5, 5.41) is 12.7. The normalized spacial score (nSPS) is 29.5. The molecule has 0 aromatic carbocycles. The molecule has 4 heteroatoms. The van der Waals surface area contributed by atoms with Crippen LogP contribution in [0, 0.1) is 10.8 Å². The lowest BCUT2D eigenvalue weighted by molar-refractivity contribution is -0.145. The van der Waals surface area contributed by atoms with E-state index in [0.29, 0.717) is 11.5 Å². The number of aliphatic hydroxyl groups is 1. The van der Waals surface area contributed by atoms with Gasteiger partial charge in [-0.05, 0) is 37.5 Å². The fourth-order valence-electron chi connectivity index (χ4n) is 3.83. The van der Waals surface area contributed by atoms with Crippen LogP contribution in [-0.4, -0.2) is 47.2 Å². The van der Waals surface area contributed by atoms with Gasteiger partial charge in [0.1, 0.15) is 0 Å². The maximum atomic E-state index is 13.0. The lowest BCUT2D eigenvalue weighted by atomic mass is 9.74. The summed E-state index contributed by atoms with van der Waals surface area (Å²) in [6.45, 7) is 11.7. The summed E-state index contributed by atoms with van der Waals surface area (Å²) in [5.41, 5.74) is 0.0682. The molecule has 2 rings (SSSR count). The Balaban J connectivity index is 2.14. The Kier molecular flexibility index (Phi) is 5.23. The molecule has 1 aliphatic heterocycles. The highest BCUT2D eigenvalue weighted by molar-refractivity contribution is 5.82. The predicted molar refractivity (Wildman–Crippen MR) is 89.6 cm³/mol. The molecule has 2 atom stereocenters. The topological polar surface area (TPSA) is 52.6 Å². The summed E-state index contributed by atoms with van der Waals surface area (Å²) in [5.74, 6) is 0.266. The van der Waals surface area contributed by atoms with Crippen molar-refractivity contribution in [2.24, 2.45) is 10.8 Å². The minimum absolute atomic E-state index is 0.139. The van der Waals surface area contributed by atoms with Crippen LogP contribution in [-0.2, 0) is 4.79 Å². The van der Waals surface area contributed by atoms with Crippen LogP contribution < -0.4 is 5.32 Å².